The third-order valence-electron chi connectivity index (χ3n) is 4.52. The molecular formula is C19H24ClN3OS2. The van der Waals surface area contributed by atoms with Gasteiger partial charge in [-0.05, 0) is 63.7 Å². The monoisotopic (exact) mass is 409 g/mol. The second kappa shape index (κ2) is 9.74. The van der Waals surface area contributed by atoms with E-state index >= 15 is 0 Å². The molecule has 1 saturated heterocycles. The lowest BCUT2D eigenvalue weighted by Gasteiger charge is -2.31. The van der Waals surface area contributed by atoms with Crippen molar-refractivity contribution in [2.24, 2.45) is 5.92 Å². The molecule has 0 unspecified atom stereocenters. The number of hydrogen-bond acceptors (Lipinski definition) is 5. The number of carbonyl (C=O) groups excluding carboxylic acids is 1. The molecule has 0 bridgehead atoms. The third-order valence-corrected chi connectivity index (χ3v) is 7.00. The van der Waals surface area contributed by atoms with Crippen LogP contribution in [-0.2, 0) is 4.79 Å². The Bertz CT molecular complexity index is 729. The molecule has 3 rings (SSSR count). The Kier molecular flexibility index (Phi) is 7.37. The van der Waals surface area contributed by atoms with Gasteiger partial charge >= 0.3 is 0 Å². The van der Waals surface area contributed by atoms with Crippen LogP contribution in [0.4, 0.5) is 5.13 Å². The maximum absolute atomic E-state index is 12.4. The first-order valence-electron chi connectivity index (χ1n) is 8.94. The van der Waals surface area contributed by atoms with Gasteiger partial charge in [0.05, 0.1) is 10.7 Å². The summed E-state index contributed by atoms with van der Waals surface area (Å²) in [6.45, 7) is 5.00. The lowest BCUT2D eigenvalue weighted by atomic mass is 9.96. The van der Waals surface area contributed by atoms with E-state index in [9.17, 15) is 4.79 Å². The van der Waals surface area contributed by atoms with Crippen LogP contribution in [0.25, 0.3) is 0 Å². The molecule has 2 heterocycles. The number of nitrogens with zero attached hydrogens (tertiary/aromatic N) is 2. The molecule has 26 heavy (non-hydrogen) atoms. The van der Waals surface area contributed by atoms with Crippen LogP contribution in [0.15, 0.2) is 34.5 Å². The molecule has 1 fully saturated rings. The molecule has 2 aromatic rings. The summed E-state index contributed by atoms with van der Waals surface area (Å²) in [5.41, 5.74) is 0.953. The van der Waals surface area contributed by atoms with E-state index in [1.54, 1.807) is 0 Å². The number of thioether (sulfide) groups is 1. The molecule has 1 aromatic heterocycles. The maximum atomic E-state index is 12.4. The SMILES string of the molecule is Cc1csc(NC(=O)C2CCN(CCCSc3ccccc3Cl)CC2)n1. The predicted octanol–water partition coefficient (Wildman–Crippen LogP) is 4.94. The average Bonchev–Trinajstić information content (AvgIpc) is 3.05. The zero-order valence-corrected chi connectivity index (χ0v) is 17.3. The van der Waals surface area contributed by atoms with Crippen LogP contribution in [-0.4, -0.2) is 41.2 Å². The number of hydrogen-bond donors (Lipinski definition) is 1. The number of nitrogens with one attached hydrogen (secondary N) is 1. The molecule has 7 heteroatoms. The Hall–Kier alpha value is -1.08. The molecule has 0 spiro atoms. The normalized spacial score (nSPS) is 15.9. The van der Waals surface area contributed by atoms with Crippen molar-refractivity contribution in [3.05, 3.63) is 40.4 Å². The largest absolute Gasteiger partial charge is 0.303 e. The number of aryl methyl sites for hydroxylation is 1. The quantitative estimate of drug-likeness (QED) is 0.519. The van der Waals surface area contributed by atoms with E-state index in [0.29, 0.717) is 5.13 Å². The zero-order chi connectivity index (χ0) is 18.4. The van der Waals surface area contributed by atoms with Crippen LogP contribution in [0, 0.1) is 12.8 Å². The Morgan fingerprint density at radius 2 is 2.15 bits per heavy atom. The smallest absolute Gasteiger partial charge is 0.229 e. The lowest BCUT2D eigenvalue weighted by molar-refractivity contribution is -0.121. The maximum Gasteiger partial charge on any atom is 0.229 e. The second-order valence-electron chi connectivity index (χ2n) is 6.53. The van der Waals surface area contributed by atoms with Gasteiger partial charge in [0.15, 0.2) is 5.13 Å². The van der Waals surface area contributed by atoms with Crippen molar-refractivity contribution < 1.29 is 4.79 Å². The highest BCUT2D eigenvalue weighted by atomic mass is 35.5. The molecular weight excluding hydrogens is 386 g/mol. The van der Waals surface area contributed by atoms with Gasteiger partial charge in [0.2, 0.25) is 5.91 Å². The molecule has 1 N–H and O–H groups in total. The number of rotatable bonds is 7. The Morgan fingerprint density at radius 1 is 1.38 bits per heavy atom. The molecule has 140 valence electrons. The molecule has 0 radical (unpaired) electrons. The first-order valence-corrected chi connectivity index (χ1v) is 11.2. The van der Waals surface area contributed by atoms with Gasteiger partial charge < -0.3 is 10.2 Å². The number of thiazole rings is 1. The number of anilines is 1. The fraction of sp³-hybridized carbons (Fsp3) is 0.474. The average molecular weight is 410 g/mol. The van der Waals surface area contributed by atoms with Gasteiger partial charge in [-0.1, -0.05) is 23.7 Å². The summed E-state index contributed by atoms with van der Waals surface area (Å²) in [4.78, 5) is 20.3. The summed E-state index contributed by atoms with van der Waals surface area (Å²) in [5, 5.41) is 6.46. The summed E-state index contributed by atoms with van der Waals surface area (Å²) >= 11 is 9.49. The minimum absolute atomic E-state index is 0.105. The van der Waals surface area contributed by atoms with E-state index in [-0.39, 0.29) is 11.8 Å². The number of likely N-dealkylation sites (tertiary alicyclic amines) is 1. The number of carbonyl (C=O) groups is 1. The summed E-state index contributed by atoms with van der Waals surface area (Å²) in [7, 11) is 0. The van der Waals surface area contributed by atoms with Crippen LogP contribution in [0.5, 0.6) is 0 Å². The van der Waals surface area contributed by atoms with Gasteiger partial charge in [-0.15, -0.1) is 23.1 Å². The van der Waals surface area contributed by atoms with Gasteiger partial charge in [0.1, 0.15) is 0 Å². The van der Waals surface area contributed by atoms with Crippen molar-refractivity contribution in [1.82, 2.24) is 9.88 Å². The fourth-order valence-corrected chi connectivity index (χ4v) is 4.93. The zero-order valence-electron chi connectivity index (χ0n) is 14.9. The van der Waals surface area contributed by atoms with Crippen molar-refractivity contribution >= 4 is 45.7 Å². The van der Waals surface area contributed by atoms with Gasteiger partial charge in [0, 0.05) is 16.2 Å². The molecule has 0 atom stereocenters. The fourth-order valence-electron chi connectivity index (χ4n) is 3.07. The molecule has 0 saturated carbocycles. The van der Waals surface area contributed by atoms with Crippen LogP contribution < -0.4 is 5.32 Å². The molecule has 4 nitrogen and oxygen atoms in total. The first-order chi connectivity index (χ1) is 12.6. The first kappa shape index (κ1) is 19.7. The summed E-state index contributed by atoms with van der Waals surface area (Å²) < 4.78 is 0. The standard InChI is InChI=1S/C19H24ClN3OS2/c1-14-13-26-19(21-14)22-18(24)15-7-10-23(11-8-15)9-4-12-25-17-6-3-2-5-16(17)20/h2-3,5-6,13,15H,4,7-12H2,1H3,(H,21,22,24). The van der Waals surface area contributed by atoms with Crippen LogP contribution in [0.2, 0.25) is 5.02 Å². The summed E-state index contributed by atoms with van der Waals surface area (Å²) in [5.74, 6) is 1.29. The van der Waals surface area contributed by atoms with Crippen molar-refractivity contribution in [2.75, 3.05) is 30.7 Å². The molecule has 1 aliphatic heterocycles. The van der Waals surface area contributed by atoms with Gasteiger partial charge in [-0.3, -0.25) is 4.79 Å². The topological polar surface area (TPSA) is 45.2 Å². The van der Waals surface area contributed by atoms with Gasteiger partial charge in [-0.2, -0.15) is 0 Å². The summed E-state index contributed by atoms with van der Waals surface area (Å²) in [6.07, 6.45) is 2.98. The molecule has 1 amide bonds. The highest BCUT2D eigenvalue weighted by Crippen LogP contribution is 2.27. The van der Waals surface area contributed by atoms with E-state index in [1.165, 1.54) is 11.3 Å². The van der Waals surface area contributed by atoms with Crippen LogP contribution in [0.1, 0.15) is 25.0 Å². The number of amides is 1. The second-order valence-corrected chi connectivity index (χ2v) is 8.93. The molecule has 1 aliphatic rings. The van der Waals surface area contributed by atoms with Gasteiger partial charge in [-0.25, -0.2) is 4.98 Å². The van der Waals surface area contributed by atoms with E-state index < -0.39 is 0 Å². The van der Waals surface area contributed by atoms with E-state index in [4.69, 9.17) is 11.6 Å². The van der Waals surface area contributed by atoms with E-state index in [1.807, 2.05) is 42.3 Å². The van der Waals surface area contributed by atoms with Gasteiger partial charge in [0.25, 0.3) is 0 Å². The minimum Gasteiger partial charge on any atom is -0.303 e. The van der Waals surface area contributed by atoms with Crippen molar-refractivity contribution in [3.63, 3.8) is 0 Å². The minimum atomic E-state index is 0.105. The Morgan fingerprint density at radius 3 is 2.85 bits per heavy atom. The molecule has 0 aliphatic carbocycles. The third kappa shape index (κ3) is 5.71. The number of aromatic nitrogens is 1. The Balaban J connectivity index is 1.33. The summed E-state index contributed by atoms with van der Waals surface area (Å²) in [6, 6.07) is 7.99. The lowest BCUT2D eigenvalue weighted by Crippen LogP contribution is -2.38. The van der Waals surface area contributed by atoms with E-state index in [0.717, 1.165) is 60.3 Å². The van der Waals surface area contributed by atoms with Crippen molar-refractivity contribution in [1.29, 1.82) is 0 Å². The highest BCUT2D eigenvalue weighted by Gasteiger charge is 2.25. The van der Waals surface area contributed by atoms with E-state index in [2.05, 4.69) is 21.3 Å². The number of benzene rings is 1. The van der Waals surface area contributed by atoms with Crippen molar-refractivity contribution in [3.8, 4) is 0 Å². The highest BCUT2D eigenvalue weighted by molar-refractivity contribution is 7.99. The van der Waals surface area contributed by atoms with Crippen LogP contribution in [0.3, 0.4) is 0 Å². The van der Waals surface area contributed by atoms with Crippen LogP contribution >= 0.6 is 34.7 Å². The Labute approximate surface area is 168 Å². The number of piperidine rings is 1. The predicted molar refractivity (Wildman–Crippen MR) is 111 cm³/mol. The van der Waals surface area contributed by atoms with Crippen molar-refractivity contribution in [2.45, 2.75) is 31.1 Å². The molecule has 1 aromatic carbocycles. The number of halogens is 1.